The number of hydrogen-bond donors (Lipinski definition) is 0. The van der Waals surface area contributed by atoms with Gasteiger partial charge in [-0.3, -0.25) is 4.79 Å². The molecular weight excluding hydrogens is 230 g/mol. The first-order valence-electron chi connectivity index (χ1n) is 4.77. The third kappa shape index (κ3) is 1.99. The van der Waals surface area contributed by atoms with Gasteiger partial charge in [-0.25, -0.2) is 0 Å². The van der Waals surface area contributed by atoms with E-state index in [4.69, 9.17) is 11.6 Å². The van der Waals surface area contributed by atoms with Crippen molar-refractivity contribution in [1.29, 1.82) is 0 Å². The summed E-state index contributed by atoms with van der Waals surface area (Å²) in [7, 11) is 1.85. The lowest BCUT2D eigenvalue weighted by Crippen LogP contribution is -2.25. The first-order valence-corrected chi connectivity index (χ1v) is 6.09. The first kappa shape index (κ1) is 10.8. The van der Waals surface area contributed by atoms with Gasteiger partial charge in [0.05, 0.1) is 5.25 Å². The van der Waals surface area contributed by atoms with Crippen LogP contribution in [0.4, 0.5) is 0 Å². The molecule has 2 rings (SSSR count). The van der Waals surface area contributed by atoms with Crippen LogP contribution in [0, 0.1) is 0 Å². The minimum atomic E-state index is 0.0516. The minimum absolute atomic E-state index is 0.0516. The highest BCUT2D eigenvalue weighted by atomic mass is 35.5. The molecular formula is C11H12ClNOS. The minimum Gasteiger partial charge on any atom is -0.329 e. The van der Waals surface area contributed by atoms with Gasteiger partial charge in [-0.05, 0) is 24.6 Å². The van der Waals surface area contributed by atoms with E-state index in [0.717, 1.165) is 10.6 Å². The van der Waals surface area contributed by atoms with Gasteiger partial charge < -0.3 is 4.90 Å². The van der Waals surface area contributed by atoms with Gasteiger partial charge in [-0.15, -0.1) is 11.8 Å². The van der Waals surface area contributed by atoms with Crippen LogP contribution in [-0.2, 0) is 4.79 Å². The molecule has 80 valence electrons. The molecule has 2 atom stereocenters. The molecule has 0 radical (unpaired) electrons. The van der Waals surface area contributed by atoms with Crippen molar-refractivity contribution in [2.45, 2.75) is 17.5 Å². The quantitative estimate of drug-likeness (QED) is 0.754. The maximum atomic E-state index is 11.6. The highest BCUT2D eigenvalue weighted by Crippen LogP contribution is 2.41. The van der Waals surface area contributed by atoms with Gasteiger partial charge in [0.15, 0.2) is 0 Å². The molecule has 0 unspecified atom stereocenters. The molecule has 0 aromatic heterocycles. The molecule has 0 spiro atoms. The normalized spacial score (nSPS) is 26.1. The van der Waals surface area contributed by atoms with Crippen molar-refractivity contribution in [3.05, 3.63) is 34.9 Å². The summed E-state index contributed by atoms with van der Waals surface area (Å²) in [5.41, 5.74) is 1.13. The van der Waals surface area contributed by atoms with E-state index in [-0.39, 0.29) is 16.5 Å². The number of benzene rings is 1. The van der Waals surface area contributed by atoms with E-state index in [1.165, 1.54) is 0 Å². The smallest absolute Gasteiger partial charge is 0.236 e. The number of thioether (sulfide) groups is 1. The highest BCUT2D eigenvalue weighted by molar-refractivity contribution is 8.01. The molecule has 1 aliphatic rings. The first-order chi connectivity index (χ1) is 7.09. The van der Waals surface area contributed by atoms with Gasteiger partial charge in [0, 0.05) is 12.1 Å². The fourth-order valence-corrected chi connectivity index (χ4v) is 3.07. The summed E-state index contributed by atoms with van der Waals surface area (Å²) in [6.45, 7) is 1.94. The van der Waals surface area contributed by atoms with Crippen LogP contribution < -0.4 is 0 Å². The van der Waals surface area contributed by atoms with Crippen molar-refractivity contribution in [2.75, 3.05) is 7.05 Å². The molecule has 0 aliphatic carbocycles. The Morgan fingerprint density at radius 2 is 1.93 bits per heavy atom. The standard InChI is InChI=1S/C11H12ClNOS/c1-7-10(14)13(2)11(15-7)8-3-5-9(12)6-4-8/h3-7,11H,1-2H3/t7-,11-/m1/s1. The molecule has 4 heteroatoms. The zero-order chi connectivity index (χ0) is 11.0. The molecule has 1 amide bonds. The summed E-state index contributed by atoms with van der Waals surface area (Å²) in [4.78, 5) is 13.4. The molecule has 0 saturated carbocycles. The van der Waals surface area contributed by atoms with Crippen molar-refractivity contribution in [2.24, 2.45) is 0 Å². The third-order valence-corrected chi connectivity index (χ3v) is 4.24. The molecule has 1 heterocycles. The number of amides is 1. The monoisotopic (exact) mass is 241 g/mol. The lowest BCUT2D eigenvalue weighted by Gasteiger charge is -2.18. The van der Waals surface area contributed by atoms with E-state index in [1.807, 2.05) is 38.2 Å². The van der Waals surface area contributed by atoms with Gasteiger partial charge in [0.1, 0.15) is 5.37 Å². The van der Waals surface area contributed by atoms with Crippen LogP contribution in [0.3, 0.4) is 0 Å². The van der Waals surface area contributed by atoms with Crippen LogP contribution in [0.25, 0.3) is 0 Å². The van der Waals surface area contributed by atoms with E-state index < -0.39 is 0 Å². The second-order valence-electron chi connectivity index (χ2n) is 3.63. The molecule has 1 saturated heterocycles. The average Bonchev–Trinajstić information content (AvgIpc) is 2.47. The van der Waals surface area contributed by atoms with Crippen LogP contribution in [0.15, 0.2) is 24.3 Å². The second kappa shape index (κ2) is 4.06. The maximum Gasteiger partial charge on any atom is 0.236 e. The molecule has 0 N–H and O–H groups in total. The Balaban J connectivity index is 2.25. The van der Waals surface area contributed by atoms with Gasteiger partial charge in [-0.2, -0.15) is 0 Å². The highest BCUT2D eigenvalue weighted by Gasteiger charge is 2.35. The van der Waals surface area contributed by atoms with Crippen molar-refractivity contribution in [3.8, 4) is 0 Å². The Morgan fingerprint density at radius 3 is 2.40 bits per heavy atom. The number of hydrogen-bond acceptors (Lipinski definition) is 2. The predicted molar refractivity (Wildman–Crippen MR) is 64.0 cm³/mol. The lowest BCUT2D eigenvalue weighted by molar-refractivity contribution is -0.128. The van der Waals surface area contributed by atoms with E-state index in [1.54, 1.807) is 16.7 Å². The largest absolute Gasteiger partial charge is 0.329 e. The molecule has 1 fully saturated rings. The van der Waals surface area contributed by atoms with Gasteiger partial charge in [0.2, 0.25) is 5.91 Å². The SMILES string of the molecule is C[C@H]1S[C@H](c2ccc(Cl)cc2)N(C)C1=O. The Morgan fingerprint density at radius 1 is 1.33 bits per heavy atom. The second-order valence-corrected chi connectivity index (χ2v) is 5.49. The summed E-state index contributed by atoms with van der Waals surface area (Å²) < 4.78 is 0. The summed E-state index contributed by atoms with van der Waals surface area (Å²) in [5.74, 6) is 0.194. The van der Waals surface area contributed by atoms with Crippen LogP contribution in [0.5, 0.6) is 0 Å². The van der Waals surface area contributed by atoms with E-state index >= 15 is 0 Å². The third-order valence-electron chi connectivity index (χ3n) is 2.54. The molecule has 15 heavy (non-hydrogen) atoms. The molecule has 1 aliphatic heterocycles. The summed E-state index contributed by atoms with van der Waals surface area (Å²) in [6, 6.07) is 7.67. The van der Waals surface area contributed by atoms with E-state index in [0.29, 0.717) is 0 Å². The Kier molecular flexibility index (Phi) is 2.94. The van der Waals surface area contributed by atoms with Crippen molar-refractivity contribution in [3.63, 3.8) is 0 Å². The van der Waals surface area contributed by atoms with Crippen LogP contribution in [0.1, 0.15) is 17.9 Å². The maximum absolute atomic E-state index is 11.6. The lowest BCUT2D eigenvalue weighted by atomic mass is 10.2. The number of nitrogens with zero attached hydrogens (tertiary/aromatic N) is 1. The Labute approximate surface area is 98.6 Å². The molecule has 1 aromatic rings. The molecule has 0 bridgehead atoms. The average molecular weight is 242 g/mol. The zero-order valence-electron chi connectivity index (χ0n) is 8.61. The zero-order valence-corrected chi connectivity index (χ0v) is 10.2. The summed E-state index contributed by atoms with van der Waals surface area (Å²) in [5, 5.41) is 0.907. The van der Waals surface area contributed by atoms with Crippen LogP contribution in [-0.4, -0.2) is 23.1 Å². The van der Waals surface area contributed by atoms with Crippen molar-refractivity contribution < 1.29 is 4.79 Å². The fraction of sp³-hybridized carbons (Fsp3) is 0.364. The number of carbonyl (C=O) groups excluding carboxylic acids is 1. The number of rotatable bonds is 1. The van der Waals surface area contributed by atoms with E-state index in [2.05, 4.69) is 0 Å². The fourth-order valence-electron chi connectivity index (χ4n) is 1.67. The number of carbonyl (C=O) groups is 1. The summed E-state index contributed by atoms with van der Waals surface area (Å²) >= 11 is 7.50. The van der Waals surface area contributed by atoms with E-state index in [9.17, 15) is 4.79 Å². The number of halogens is 1. The van der Waals surface area contributed by atoms with Crippen molar-refractivity contribution >= 4 is 29.3 Å². The molecule has 2 nitrogen and oxygen atoms in total. The van der Waals surface area contributed by atoms with Gasteiger partial charge in [-0.1, -0.05) is 23.7 Å². The van der Waals surface area contributed by atoms with Crippen molar-refractivity contribution in [1.82, 2.24) is 4.90 Å². The topological polar surface area (TPSA) is 20.3 Å². The van der Waals surface area contributed by atoms with Gasteiger partial charge >= 0.3 is 0 Å². The predicted octanol–water partition coefficient (Wildman–Crippen LogP) is 2.93. The molecule has 1 aromatic carbocycles. The van der Waals surface area contributed by atoms with Gasteiger partial charge in [0.25, 0.3) is 0 Å². The Hall–Kier alpha value is -0.670. The summed E-state index contributed by atoms with van der Waals surface area (Å²) in [6.07, 6.45) is 0. The Bertz CT molecular complexity index is 379. The van der Waals surface area contributed by atoms with Crippen LogP contribution >= 0.6 is 23.4 Å². The van der Waals surface area contributed by atoms with Crippen LogP contribution in [0.2, 0.25) is 5.02 Å².